The SMILES string of the molecule is COc1ccc2[nH]c(-c3ccc4ccccc4c3OC)c(CCCCN)c2c1. The fourth-order valence-corrected chi connectivity index (χ4v) is 3.95. The molecule has 0 saturated carbocycles. The van der Waals surface area contributed by atoms with Crippen molar-refractivity contribution >= 4 is 21.7 Å². The summed E-state index contributed by atoms with van der Waals surface area (Å²) in [4.78, 5) is 3.63. The second kappa shape index (κ2) is 7.95. The molecule has 0 bridgehead atoms. The number of rotatable bonds is 7. The third-order valence-corrected chi connectivity index (χ3v) is 5.35. The van der Waals surface area contributed by atoms with Crippen molar-refractivity contribution in [1.82, 2.24) is 4.98 Å². The van der Waals surface area contributed by atoms with Gasteiger partial charge in [-0.2, -0.15) is 0 Å². The second-order valence-corrected chi connectivity index (χ2v) is 7.00. The van der Waals surface area contributed by atoms with Gasteiger partial charge < -0.3 is 20.2 Å². The standard InChI is InChI=1S/C24H26N2O2/c1-27-17-11-13-22-21(15-17)19(9-5-6-14-25)23(26-22)20-12-10-16-7-3-4-8-18(16)24(20)28-2/h3-4,7-8,10-13,15,26H,5-6,9,14,25H2,1-2H3. The molecule has 0 aliphatic carbocycles. The van der Waals surface area contributed by atoms with E-state index in [0.29, 0.717) is 6.54 Å². The van der Waals surface area contributed by atoms with Crippen LogP contribution in [0.3, 0.4) is 0 Å². The van der Waals surface area contributed by atoms with E-state index in [2.05, 4.69) is 47.4 Å². The molecule has 4 nitrogen and oxygen atoms in total. The van der Waals surface area contributed by atoms with Gasteiger partial charge in [0.2, 0.25) is 0 Å². The van der Waals surface area contributed by atoms with Crippen molar-refractivity contribution in [3.8, 4) is 22.8 Å². The molecule has 144 valence electrons. The number of H-pyrrole nitrogens is 1. The van der Waals surface area contributed by atoms with Gasteiger partial charge in [0.05, 0.1) is 19.9 Å². The van der Waals surface area contributed by atoms with E-state index in [4.69, 9.17) is 15.2 Å². The number of nitrogens with two attached hydrogens (primary N) is 1. The Morgan fingerprint density at radius 2 is 1.75 bits per heavy atom. The van der Waals surface area contributed by atoms with Gasteiger partial charge in [-0.15, -0.1) is 0 Å². The monoisotopic (exact) mass is 374 g/mol. The summed E-state index contributed by atoms with van der Waals surface area (Å²) < 4.78 is 11.3. The number of hydrogen-bond donors (Lipinski definition) is 2. The molecule has 3 N–H and O–H groups in total. The van der Waals surface area contributed by atoms with Crippen LogP contribution in [0.1, 0.15) is 18.4 Å². The molecule has 4 heteroatoms. The predicted octanol–water partition coefficient (Wildman–Crippen LogP) is 5.29. The largest absolute Gasteiger partial charge is 0.497 e. The van der Waals surface area contributed by atoms with E-state index in [-0.39, 0.29) is 0 Å². The number of benzene rings is 3. The van der Waals surface area contributed by atoms with Crippen LogP contribution in [0, 0.1) is 0 Å². The summed E-state index contributed by atoms with van der Waals surface area (Å²) in [5, 5.41) is 3.48. The van der Waals surface area contributed by atoms with Crippen LogP contribution in [-0.2, 0) is 6.42 Å². The molecule has 4 rings (SSSR count). The van der Waals surface area contributed by atoms with Crippen LogP contribution < -0.4 is 15.2 Å². The number of aromatic amines is 1. The van der Waals surface area contributed by atoms with Crippen LogP contribution in [0.2, 0.25) is 0 Å². The Balaban J connectivity index is 1.94. The average molecular weight is 374 g/mol. The highest BCUT2D eigenvalue weighted by molar-refractivity contribution is 5.98. The summed E-state index contributed by atoms with van der Waals surface area (Å²) >= 11 is 0. The summed E-state index contributed by atoms with van der Waals surface area (Å²) in [6, 6.07) is 18.8. The second-order valence-electron chi connectivity index (χ2n) is 7.00. The Bertz CT molecular complexity index is 1110. The molecule has 0 spiro atoms. The van der Waals surface area contributed by atoms with Gasteiger partial charge in [0.1, 0.15) is 11.5 Å². The first-order chi connectivity index (χ1) is 13.8. The average Bonchev–Trinajstić information content (AvgIpc) is 3.10. The van der Waals surface area contributed by atoms with Crippen molar-refractivity contribution < 1.29 is 9.47 Å². The van der Waals surface area contributed by atoms with Gasteiger partial charge in [0, 0.05) is 21.9 Å². The number of ether oxygens (including phenoxy) is 2. The van der Waals surface area contributed by atoms with E-state index < -0.39 is 0 Å². The van der Waals surface area contributed by atoms with Gasteiger partial charge in [0.15, 0.2) is 0 Å². The quantitative estimate of drug-likeness (QED) is 0.432. The highest BCUT2D eigenvalue weighted by Crippen LogP contribution is 2.41. The first-order valence-corrected chi connectivity index (χ1v) is 9.71. The molecule has 0 saturated heterocycles. The molecule has 0 amide bonds. The number of nitrogens with one attached hydrogen (secondary N) is 1. The first-order valence-electron chi connectivity index (χ1n) is 9.71. The lowest BCUT2D eigenvalue weighted by atomic mass is 9.97. The van der Waals surface area contributed by atoms with Gasteiger partial charge in [-0.1, -0.05) is 30.3 Å². The first kappa shape index (κ1) is 18.4. The van der Waals surface area contributed by atoms with Crippen LogP contribution in [0.5, 0.6) is 11.5 Å². The molecule has 0 atom stereocenters. The van der Waals surface area contributed by atoms with E-state index in [1.54, 1.807) is 14.2 Å². The molecule has 1 heterocycles. The van der Waals surface area contributed by atoms with Crippen molar-refractivity contribution in [2.45, 2.75) is 19.3 Å². The summed E-state index contributed by atoms with van der Waals surface area (Å²) in [6.45, 7) is 0.709. The van der Waals surface area contributed by atoms with Crippen molar-refractivity contribution in [1.29, 1.82) is 0 Å². The van der Waals surface area contributed by atoms with Crippen molar-refractivity contribution in [3.63, 3.8) is 0 Å². The molecular weight excluding hydrogens is 348 g/mol. The minimum Gasteiger partial charge on any atom is -0.497 e. The Hall–Kier alpha value is -2.98. The van der Waals surface area contributed by atoms with Crippen molar-refractivity contribution in [3.05, 3.63) is 60.2 Å². The summed E-state index contributed by atoms with van der Waals surface area (Å²) in [6.07, 6.45) is 3.00. The predicted molar refractivity (Wildman–Crippen MR) is 116 cm³/mol. The van der Waals surface area contributed by atoms with Crippen LogP contribution in [-0.4, -0.2) is 25.7 Å². The number of fused-ring (bicyclic) bond motifs is 2. The molecule has 0 unspecified atom stereocenters. The maximum atomic E-state index is 5.87. The third-order valence-electron chi connectivity index (χ3n) is 5.35. The molecule has 0 fully saturated rings. The van der Waals surface area contributed by atoms with E-state index >= 15 is 0 Å². The smallest absolute Gasteiger partial charge is 0.136 e. The molecule has 0 aliphatic heterocycles. The lowest BCUT2D eigenvalue weighted by Gasteiger charge is -2.13. The molecule has 1 aromatic heterocycles. The van der Waals surface area contributed by atoms with Gasteiger partial charge in [0.25, 0.3) is 0 Å². The van der Waals surface area contributed by atoms with Crippen molar-refractivity contribution in [2.75, 3.05) is 20.8 Å². The lowest BCUT2D eigenvalue weighted by molar-refractivity contribution is 0.415. The molecule has 28 heavy (non-hydrogen) atoms. The zero-order chi connectivity index (χ0) is 19.5. The van der Waals surface area contributed by atoms with Crippen molar-refractivity contribution in [2.24, 2.45) is 5.73 Å². The zero-order valence-corrected chi connectivity index (χ0v) is 16.4. The Morgan fingerprint density at radius 3 is 2.54 bits per heavy atom. The van der Waals surface area contributed by atoms with E-state index in [0.717, 1.165) is 52.9 Å². The number of aryl methyl sites for hydroxylation is 1. The number of unbranched alkanes of at least 4 members (excludes halogenated alkanes) is 1. The Kier molecular flexibility index (Phi) is 5.22. The summed E-state index contributed by atoms with van der Waals surface area (Å²) in [5.41, 5.74) is 10.3. The topological polar surface area (TPSA) is 60.3 Å². The van der Waals surface area contributed by atoms with Crippen LogP contribution in [0.4, 0.5) is 0 Å². The normalized spacial score (nSPS) is 11.2. The molecule has 4 aromatic rings. The fraction of sp³-hybridized carbons (Fsp3) is 0.250. The Labute approximate surface area is 165 Å². The number of hydrogen-bond acceptors (Lipinski definition) is 3. The highest BCUT2D eigenvalue weighted by atomic mass is 16.5. The summed E-state index contributed by atoms with van der Waals surface area (Å²) in [7, 11) is 3.44. The van der Waals surface area contributed by atoms with E-state index in [9.17, 15) is 0 Å². The maximum absolute atomic E-state index is 5.87. The van der Waals surface area contributed by atoms with Gasteiger partial charge in [-0.3, -0.25) is 0 Å². The van der Waals surface area contributed by atoms with Gasteiger partial charge in [-0.25, -0.2) is 0 Å². The highest BCUT2D eigenvalue weighted by Gasteiger charge is 2.18. The Morgan fingerprint density at radius 1 is 0.893 bits per heavy atom. The fourth-order valence-electron chi connectivity index (χ4n) is 3.95. The minimum absolute atomic E-state index is 0.709. The molecule has 0 radical (unpaired) electrons. The molecule has 0 aliphatic rings. The third kappa shape index (κ3) is 3.20. The summed E-state index contributed by atoms with van der Waals surface area (Å²) in [5.74, 6) is 1.76. The van der Waals surface area contributed by atoms with Crippen LogP contribution >= 0.6 is 0 Å². The zero-order valence-electron chi connectivity index (χ0n) is 16.4. The van der Waals surface area contributed by atoms with Gasteiger partial charge >= 0.3 is 0 Å². The van der Waals surface area contributed by atoms with Crippen LogP contribution in [0.25, 0.3) is 32.9 Å². The maximum Gasteiger partial charge on any atom is 0.136 e. The number of aromatic nitrogens is 1. The van der Waals surface area contributed by atoms with E-state index in [1.807, 2.05) is 12.1 Å². The lowest BCUT2D eigenvalue weighted by Crippen LogP contribution is -1.99. The van der Waals surface area contributed by atoms with Crippen LogP contribution in [0.15, 0.2) is 54.6 Å². The molecular formula is C24H26N2O2. The molecule has 3 aromatic carbocycles. The van der Waals surface area contributed by atoms with E-state index in [1.165, 1.54) is 16.3 Å². The number of methoxy groups -OCH3 is 2. The van der Waals surface area contributed by atoms with Gasteiger partial charge in [-0.05, 0) is 61.0 Å². The minimum atomic E-state index is 0.709.